The minimum Gasteiger partial charge on any atom is -0.461 e. The number of ether oxygens (including phenoxy) is 10. The van der Waals surface area contributed by atoms with Gasteiger partial charge in [0.15, 0.2) is 11.6 Å². The molecule has 28 heteroatoms. The number of Topliss-reactive ketones (excluding diaryl/α,β-unsaturated/α-hetero) is 4. The molecule has 0 radical (unpaired) electrons. The Labute approximate surface area is 774 Å². The number of aliphatic hydroxyl groups is 5. The molecule has 28 nitrogen and oxygen atoms in total. The fraction of sp³-hybridized carbons (Fsp3) is 0.765. The summed E-state index contributed by atoms with van der Waals surface area (Å²) < 4.78 is 59.5. The summed E-state index contributed by atoms with van der Waals surface area (Å²) in [6.45, 7) is 27.1. The Balaban J connectivity index is 0.000000356. The van der Waals surface area contributed by atoms with E-state index in [1.807, 2.05) is 128 Å². The monoisotopic (exact) mass is 1820 g/mol. The van der Waals surface area contributed by atoms with Crippen LogP contribution >= 0.6 is 0 Å². The maximum Gasteiger partial charge on any atom is 0.329 e. The first-order valence-electron chi connectivity index (χ1n) is 48.4. The first-order chi connectivity index (χ1) is 61.7. The van der Waals surface area contributed by atoms with Crippen LogP contribution in [0.2, 0.25) is 0 Å². The van der Waals surface area contributed by atoms with Gasteiger partial charge < -0.3 is 82.7 Å². The summed E-state index contributed by atoms with van der Waals surface area (Å²) in [6, 6.07) is -2.31. The van der Waals surface area contributed by atoms with Crippen molar-refractivity contribution in [3.05, 3.63) is 106 Å². The molecule has 2 amide bonds. The number of allylic oxidation sites excluding steroid dienone is 12. The molecule has 0 aromatic rings. The van der Waals surface area contributed by atoms with Gasteiger partial charge in [-0.1, -0.05) is 147 Å². The number of methoxy groups -OCH3 is 6. The summed E-state index contributed by atoms with van der Waals surface area (Å²) in [5.41, 5.74) is 12.1. The maximum absolute atomic E-state index is 14.4. The SMILES string of the molecule is CO[C@H]1C[C@@H]2CC[C@@H](C)[C@@](O)(O2)C(=O)C(=O)N2CCCC[C@H]2C(=O)O[C@H]([C@H](C)C[C@@H]2CC[C@@H](O)[C@H](OC)C2)CC[C@H](C)/C=C(\C)[C@@H](O)[C@@H](OC)C(=O)[C@H](C)C[C@H](C)/C=C/C=C/C=C/1C.CO[C@H]1C[C@@H]2CC[C@@H](C)[C@@](O)(O2)C(=O)C(=O)N2CCCC[C@H]2C(=O)O[C@H]([C@H](C)C[C@@H]2CC[C@H](N=[N+]=[N-])[C@H](OC)C2)CC[C@H](C)/C=C(\C)[C@@H](O)[C@@H](OC)C(=O)[C@H](C)C[C@H](C)/C=C/C=C/C=C/1C. The smallest absolute Gasteiger partial charge is 0.329 e. The van der Waals surface area contributed by atoms with E-state index in [1.54, 1.807) is 56.1 Å². The van der Waals surface area contributed by atoms with E-state index in [0.29, 0.717) is 159 Å². The van der Waals surface area contributed by atoms with Gasteiger partial charge in [-0.15, -0.1) is 0 Å². The number of azide groups is 1. The molecule has 6 fully saturated rings. The van der Waals surface area contributed by atoms with Crippen LogP contribution in [0.15, 0.2) is 100 Å². The lowest BCUT2D eigenvalue weighted by Gasteiger charge is -2.42. The number of carbonyl (C=O) groups excluding carboxylic acids is 8. The topological polar surface area (TPSA) is 385 Å². The van der Waals surface area contributed by atoms with Gasteiger partial charge in [0.25, 0.3) is 23.4 Å². The Kier molecular flexibility index (Phi) is 45.4. The van der Waals surface area contributed by atoms with Crippen LogP contribution in [-0.4, -0.2) is 247 Å². The number of piperidine rings is 2. The Hall–Kier alpha value is -6.73. The Morgan fingerprint density at radius 3 is 1.24 bits per heavy atom. The minimum atomic E-state index is -2.39. The van der Waals surface area contributed by atoms with Crippen LogP contribution in [0.5, 0.6) is 0 Å². The van der Waals surface area contributed by atoms with Gasteiger partial charge in [0.1, 0.15) is 48.7 Å². The van der Waals surface area contributed by atoms with Gasteiger partial charge in [-0.3, -0.25) is 28.8 Å². The molecular weight excluding hydrogens is 1660 g/mol. The van der Waals surface area contributed by atoms with Crippen molar-refractivity contribution >= 4 is 46.9 Å². The van der Waals surface area contributed by atoms with E-state index in [0.717, 1.165) is 30.4 Å². The number of amides is 2. The predicted molar refractivity (Wildman–Crippen MR) is 496 cm³/mol. The zero-order valence-corrected chi connectivity index (χ0v) is 81.7. The normalized spacial score (nSPS) is 40.3. The molecule has 2 saturated carbocycles. The standard InChI is InChI=1S/C51H80N4O11.C51H81NO12/c1-31-16-12-11-13-17-33(3)43(62-8)30-39-22-20-37(7)51(61,66-39)48(58)49(59)55-25-15-14-18-41(55)50(60)65-42(34(4)28-38-21-23-40(53-54-52)44(29-38)63-9)24-19-32(2)27-36(6)46(57)47(64-10)45(56)35(5)26-31;1-31-16-12-11-13-17-33(3)43(60-8)30-39-22-20-37(7)51(59,64-39)48(56)49(57)52-25-15-14-18-40(52)50(58)63-42(34(4)28-38-21-23-41(53)44(29-38)61-9)24-19-32(2)27-36(6)46(55)47(62-10)45(54)35(5)26-31/h11-13,16-17,27,31-32,34-35,37-44,46-47,57,61H,14-15,18-26,28-30H2,1-10H3;11-13,16-17,27,31-32,34-35,37-44,46-47,53,55,59H,14-15,18-26,28-30H2,1-10H3/b2*13-11+,16-12+,33-17+,36-27+/t31-,32+,34-,35-,37-,38+,39+,40+,41+,42+,43+,44-,46-,47+,51-;31-,32+,34-,35-,37-,38+,39+,40+,41-,42+,43+,44-,46-,47+,51-/m11/s1. The minimum absolute atomic E-state index is 0.0614. The van der Waals surface area contributed by atoms with Gasteiger partial charge in [0, 0.05) is 97.2 Å². The number of aliphatic hydroxyl groups excluding tert-OH is 3. The van der Waals surface area contributed by atoms with Crippen LogP contribution < -0.4 is 0 Å². The number of nitrogens with zero attached hydrogens (tertiary/aromatic N) is 5. The molecule has 5 N–H and O–H groups in total. The Bertz CT molecular complexity index is 3980. The highest BCUT2D eigenvalue weighted by atomic mass is 16.6. The first kappa shape index (κ1) is 110. The fourth-order valence-corrected chi connectivity index (χ4v) is 20.8. The lowest BCUT2D eigenvalue weighted by atomic mass is 9.78. The number of hydrogen-bond donors (Lipinski definition) is 5. The summed E-state index contributed by atoms with van der Waals surface area (Å²) in [7, 11) is 9.29. The van der Waals surface area contributed by atoms with Gasteiger partial charge in [-0.25, -0.2) is 9.59 Å². The number of esters is 2. The molecule has 732 valence electrons. The molecule has 4 bridgehead atoms. The molecule has 0 aromatic heterocycles. The average molecular weight is 1830 g/mol. The highest BCUT2D eigenvalue weighted by Crippen LogP contribution is 2.42. The molecule has 8 aliphatic rings. The molecule has 4 saturated heterocycles. The van der Waals surface area contributed by atoms with Crippen molar-refractivity contribution in [2.45, 2.75) is 373 Å². The largest absolute Gasteiger partial charge is 0.461 e. The second-order valence-corrected chi connectivity index (χ2v) is 39.6. The van der Waals surface area contributed by atoms with Crippen molar-refractivity contribution in [1.29, 1.82) is 0 Å². The summed E-state index contributed by atoms with van der Waals surface area (Å²) in [4.78, 5) is 119. The van der Waals surface area contributed by atoms with Crippen LogP contribution in [0.1, 0.15) is 264 Å². The molecule has 30 atom stereocenters. The van der Waals surface area contributed by atoms with E-state index >= 15 is 0 Å². The number of rotatable bonds is 13. The van der Waals surface area contributed by atoms with E-state index in [1.165, 1.54) is 24.0 Å². The summed E-state index contributed by atoms with van der Waals surface area (Å²) >= 11 is 0. The lowest BCUT2D eigenvalue weighted by molar-refractivity contribution is -0.265. The number of ketones is 4. The third-order valence-electron chi connectivity index (χ3n) is 29.2. The van der Waals surface area contributed by atoms with Crippen molar-refractivity contribution in [3.63, 3.8) is 0 Å². The lowest BCUT2D eigenvalue weighted by Crippen LogP contribution is -2.61. The summed E-state index contributed by atoms with van der Waals surface area (Å²) in [6.07, 6.45) is 29.5. The van der Waals surface area contributed by atoms with Gasteiger partial charge >= 0.3 is 11.9 Å². The maximum atomic E-state index is 14.4. The second-order valence-electron chi connectivity index (χ2n) is 39.6. The molecule has 0 aromatic carbocycles. The second kappa shape index (κ2) is 53.5. The fourth-order valence-electron chi connectivity index (χ4n) is 20.8. The zero-order valence-electron chi connectivity index (χ0n) is 81.7. The van der Waals surface area contributed by atoms with Gasteiger partial charge in [0.2, 0.25) is 11.6 Å². The van der Waals surface area contributed by atoms with E-state index in [2.05, 4.69) is 23.9 Å². The Morgan fingerprint density at radius 2 is 0.854 bits per heavy atom. The van der Waals surface area contributed by atoms with Crippen LogP contribution in [0.25, 0.3) is 10.4 Å². The van der Waals surface area contributed by atoms with Gasteiger partial charge in [-0.05, 0) is 257 Å². The van der Waals surface area contributed by atoms with E-state index in [4.69, 9.17) is 52.9 Å². The van der Waals surface area contributed by atoms with Crippen molar-refractivity contribution in [2.24, 2.45) is 76.1 Å². The average Bonchev–Trinajstić information content (AvgIpc) is 0.773. The quantitative estimate of drug-likeness (QED) is 0.0285. The van der Waals surface area contributed by atoms with Crippen LogP contribution in [0.4, 0.5) is 0 Å². The number of carbonyl (C=O) groups is 8. The molecule has 6 heterocycles. The molecule has 0 unspecified atom stereocenters. The molecule has 130 heavy (non-hydrogen) atoms. The summed E-state index contributed by atoms with van der Waals surface area (Å²) in [5.74, 6) is -12.3. The molecule has 6 aliphatic heterocycles. The molecule has 0 spiro atoms. The first-order valence-corrected chi connectivity index (χ1v) is 48.4. The number of fused-ring (bicyclic) bond motifs is 6. The van der Waals surface area contributed by atoms with E-state index < -0.39 is 138 Å². The molecular formula is C102H161N5O23. The zero-order chi connectivity index (χ0) is 96.0. The van der Waals surface area contributed by atoms with Crippen molar-refractivity contribution < 1.29 is 111 Å². The van der Waals surface area contributed by atoms with Gasteiger partial charge in [0.05, 0.1) is 48.8 Å². The molecule has 2 aliphatic carbocycles. The third kappa shape index (κ3) is 30.9. The van der Waals surface area contributed by atoms with E-state index in [-0.39, 0.29) is 102 Å². The van der Waals surface area contributed by atoms with Crippen molar-refractivity contribution in [1.82, 2.24) is 9.80 Å². The highest BCUT2D eigenvalue weighted by molar-refractivity contribution is 6.39. The van der Waals surface area contributed by atoms with Crippen LogP contribution in [0, 0.1) is 71.0 Å². The predicted octanol–water partition coefficient (Wildman–Crippen LogP) is 15.3. The Morgan fingerprint density at radius 1 is 0.454 bits per heavy atom. The third-order valence-corrected chi connectivity index (χ3v) is 29.2. The van der Waals surface area contributed by atoms with Gasteiger partial charge in [-0.2, -0.15) is 0 Å². The summed E-state index contributed by atoms with van der Waals surface area (Å²) in [5, 5.41) is 61.3. The van der Waals surface area contributed by atoms with E-state index in [9.17, 15) is 63.9 Å². The van der Waals surface area contributed by atoms with Crippen molar-refractivity contribution in [2.75, 3.05) is 55.7 Å². The van der Waals surface area contributed by atoms with Crippen molar-refractivity contribution in [3.8, 4) is 0 Å². The highest BCUT2D eigenvalue weighted by Gasteiger charge is 2.56. The molecule has 8 rings (SSSR count). The number of hydrogen-bond acceptors (Lipinski definition) is 24. The number of cyclic esters (lactones) is 2. The van der Waals surface area contributed by atoms with Crippen LogP contribution in [0.3, 0.4) is 0 Å². The van der Waals surface area contributed by atoms with Crippen LogP contribution in [-0.2, 0) is 85.7 Å².